The molecular weight excluding hydrogens is 268 g/mol. The highest BCUT2D eigenvalue weighted by molar-refractivity contribution is 5.90. The first-order valence-electron chi connectivity index (χ1n) is 7.30. The summed E-state index contributed by atoms with van der Waals surface area (Å²) in [5, 5.41) is 19.1. The van der Waals surface area contributed by atoms with Crippen LogP contribution in [-0.2, 0) is 0 Å². The molecule has 0 aliphatic carbocycles. The normalized spacial score (nSPS) is 17.0. The van der Waals surface area contributed by atoms with E-state index < -0.39 is 11.6 Å². The average Bonchev–Trinajstić information content (AvgIpc) is 2.38. The Hall–Kier alpha value is -1.59. The number of carboxylic acid groups (broad SMARTS) is 1. The first-order valence-corrected chi connectivity index (χ1v) is 7.30. The molecule has 1 heterocycles. The molecule has 1 aliphatic rings. The smallest absolute Gasteiger partial charge is 0.336 e. The van der Waals surface area contributed by atoms with Crippen LogP contribution in [-0.4, -0.2) is 59.4 Å². The Kier molecular flexibility index (Phi) is 4.54. The lowest BCUT2D eigenvalue weighted by molar-refractivity contribution is 0.0345. The number of aliphatic hydroxyl groups is 1. The van der Waals surface area contributed by atoms with Gasteiger partial charge in [-0.3, -0.25) is 4.90 Å². The van der Waals surface area contributed by atoms with Crippen LogP contribution in [0, 0.1) is 6.92 Å². The number of nitrogens with zero attached hydrogens (tertiary/aromatic N) is 2. The molecule has 0 bridgehead atoms. The second-order valence-electron chi connectivity index (χ2n) is 6.38. The van der Waals surface area contributed by atoms with E-state index in [2.05, 4.69) is 9.80 Å². The van der Waals surface area contributed by atoms with Gasteiger partial charge in [-0.25, -0.2) is 4.79 Å². The van der Waals surface area contributed by atoms with Crippen LogP contribution in [0.25, 0.3) is 0 Å². The summed E-state index contributed by atoms with van der Waals surface area (Å²) in [7, 11) is 0. The van der Waals surface area contributed by atoms with Gasteiger partial charge in [0.2, 0.25) is 0 Å². The lowest BCUT2D eigenvalue weighted by Gasteiger charge is -2.38. The highest BCUT2D eigenvalue weighted by Crippen LogP contribution is 2.21. The minimum atomic E-state index is -0.880. The number of rotatable bonds is 4. The topological polar surface area (TPSA) is 64.0 Å². The predicted molar refractivity (Wildman–Crippen MR) is 83.1 cm³/mol. The summed E-state index contributed by atoms with van der Waals surface area (Å²) in [5.74, 6) is -0.880. The summed E-state index contributed by atoms with van der Waals surface area (Å²) in [5.41, 5.74) is 1.43. The number of piperazine rings is 1. The number of aromatic carboxylic acids is 1. The number of anilines is 1. The second kappa shape index (κ2) is 6.03. The molecule has 21 heavy (non-hydrogen) atoms. The van der Waals surface area contributed by atoms with E-state index >= 15 is 0 Å². The number of β-amino-alcohol motifs (C(OH)–C–C–N with tert-alkyl or cyclic N) is 1. The van der Waals surface area contributed by atoms with Crippen LogP contribution in [0.4, 0.5) is 5.69 Å². The molecule has 0 aromatic heterocycles. The van der Waals surface area contributed by atoms with E-state index in [1.165, 1.54) is 0 Å². The Morgan fingerprint density at radius 1 is 1.24 bits per heavy atom. The van der Waals surface area contributed by atoms with E-state index in [1.54, 1.807) is 6.07 Å². The standard InChI is InChI=1S/C16H24N2O3/c1-12-4-5-13(10-14(12)15(19)20)18-8-6-17(7-9-18)11-16(2,3)21/h4-5,10,21H,6-9,11H2,1-3H3,(H,19,20). The maximum Gasteiger partial charge on any atom is 0.336 e. The largest absolute Gasteiger partial charge is 0.478 e. The Bertz CT molecular complexity index is 515. The van der Waals surface area contributed by atoms with Crippen molar-refractivity contribution in [3.63, 3.8) is 0 Å². The Morgan fingerprint density at radius 2 is 1.86 bits per heavy atom. The zero-order valence-electron chi connectivity index (χ0n) is 13.0. The molecule has 2 rings (SSSR count). The van der Waals surface area contributed by atoms with Gasteiger partial charge in [0.1, 0.15) is 0 Å². The Balaban J connectivity index is 2.02. The van der Waals surface area contributed by atoms with Crippen LogP contribution < -0.4 is 4.90 Å². The highest BCUT2D eigenvalue weighted by atomic mass is 16.4. The van der Waals surface area contributed by atoms with Gasteiger partial charge in [0.05, 0.1) is 11.2 Å². The molecule has 1 saturated heterocycles. The van der Waals surface area contributed by atoms with Crippen molar-refractivity contribution in [1.82, 2.24) is 4.90 Å². The average molecular weight is 292 g/mol. The minimum Gasteiger partial charge on any atom is -0.478 e. The molecule has 1 aromatic rings. The van der Waals surface area contributed by atoms with Gasteiger partial charge in [-0.2, -0.15) is 0 Å². The Morgan fingerprint density at radius 3 is 2.38 bits per heavy atom. The lowest BCUT2D eigenvalue weighted by atomic mass is 10.1. The second-order valence-corrected chi connectivity index (χ2v) is 6.38. The van der Waals surface area contributed by atoms with Crippen molar-refractivity contribution in [2.24, 2.45) is 0 Å². The molecule has 5 nitrogen and oxygen atoms in total. The number of carbonyl (C=O) groups is 1. The number of carboxylic acids is 1. The fourth-order valence-corrected chi connectivity index (χ4v) is 2.75. The van der Waals surface area contributed by atoms with Crippen molar-refractivity contribution in [2.75, 3.05) is 37.6 Å². The molecular formula is C16H24N2O3. The van der Waals surface area contributed by atoms with Gasteiger partial charge in [-0.05, 0) is 38.5 Å². The van der Waals surface area contributed by atoms with Crippen molar-refractivity contribution in [2.45, 2.75) is 26.4 Å². The first kappa shape index (κ1) is 15.8. The summed E-state index contributed by atoms with van der Waals surface area (Å²) in [6.07, 6.45) is 0. The lowest BCUT2D eigenvalue weighted by Crippen LogP contribution is -2.50. The van der Waals surface area contributed by atoms with Crippen molar-refractivity contribution < 1.29 is 15.0 Å². The van der Waals surface area contributed by atoms with Crippen LogP contribution in [0.2, 0.25) is 0 Å². The maximum absolute atomic E-state index is 11.2. The SMILES string of the molecule is Cc1ccc(N2CCN(CC(C)(C)O)CC2)cc1C(=O)O. The van der Waals surface area contributed by atoms with Gasteiger partial charge < -0.3 is 15.1 Å². The van der Waals surface area contributed by atoms with Gasteiger partial charge in [-0.1, -0.05) is 6.07 Å². The Labute approximate surface area is 125 Å². The van der Waals surface area contributed by atoms with Crippen LogP contribution in [0.5, 0.6) is 0 Å². The van der Waals surface area contributed by atoms with E-state index in [4.69, 9.17) is 0 Å². The van der Waals surface area contributed by atoms with Crippen LogP contribution in [0.15, 0.2) is 18.2 Å². The quantitative estimate of drug-likeness (QED) is 0.882. The van der Waals surface area contributed by atoms with Crippen molar-refractivity contribution in [3.05, 3.63) is 29.3 Å². The van der Waals surface area contributed by atoms with E-state index in [1.807, 2.05) is 32.9 Å². The van der Waals surface area contributed by atoms with Crippen LogP contribution >= 0.6 is 0 Å². The third kappa shape index (κ3) is 4.19. The van der Waals surface area contributed by atoms with Gasteiger partial charge in [0.15, 0.2) is 0 Å². The number of benzene rings is 1. The summed E-state index contributed by atoms with van der Waals surface area (Å²) in [6.45, 7) is 9.55. The first-order chi connectivity index (χ1) is 9.76. The van der Waals surface area contributed by atoms with Gasteiger partial charge in [0.25, 0.3) is 0 Å². The third-order valence-electron chi connectivity index (χ3n) is 3.80. The third-order valence-corrected chi connectivity index (χ3v) is 3.80. The van der Waals surface area contributed by atoms with Crippen LogP contribution in [0.3, 0.4) is 0 Å². The molecule has 1 fully saturated rings. The molecule has 0 amide bonds. The molecule has 0 unspecified atom stereocenters. The monoisotopic (exact) mass is 292 g/mol. The highest BCUT2D eigenvalue weighted by Gasteiger charge is 2.23. The van der Waals surface area contributed by atoms with E-state index in [0.29, 0.717) is 12.1 Å². The molecule has 0 spiro atoms. The fourth-order valence-electron chi connectivity index (χ4n) is 2.75. The predicted octanol–water partition coefficient (Wildman–Crippen LogP) is 1.59. The van der Waals surface area contributed by atoms with E-state index in [-0.39, 0.29) is 0 Å². The zero-order valence-corrected chi connectivity index (χ0v) is 13.0. The van der Waals surface area contributed by atoms with Crippen LogP contribution in [0.1, 0.15) is 29.8 Å². The zero-order chi connectivity index (χ0) is 15.6. The minimum absolute atomic E-state index is 0.367. The summed E-state index contributed by atoms with van der Waals surface area (Å²) in [4.78, 5) is 15.7. The molecule has 1 aromatic carbocycles. The maximum atomic E-state index is 11.2. The molecule has 0 saturated carbocycles. The summed E-state index contributed by atoms with van der Waals surface area (Å²) in [6, 6.07) is 5.60. The summed E-state index contributed by atoms with van der Waals surface area (Å²) >= 11 is 0. The molecule has 2 N–H and O–H groups in total. The number of aryl methyl sites for hydroxylation is 1. The number of hydrogen-bond donors (Lipinski definition) is 2. The van der Waals surface area contributed by atoms with E-state index in [9.17, 15) is 15.0 Å². The van der Waals surface area contributed by atoms with Crippen molar-refractivity contribution in [1.29, 1.82) is 0 Å². The van der Waals surface area contributed by atoms with E-state index in [0.717, 1.165) is 37.4 Å². The van der Waals surface area contributed by atoms with Gasteiger partial charge in [-0.15, -0.1) is 0 Å². The molecule has 5 heteroatoms. The van der Waals surface area contributed by atoms with Gasteiger partial charge in [0, 0.05) is 38.4 Å². The molecule has 0 radical (unpaired) electrons. The fraction of sp³-hybridized carbons (Fsp3) is 0.562. The van der Waals surface area contributed by atoms with Gasteiger partial charge >= 0.3 is 5.97 Å². The molecule has 0 atom stereocenters. The van der Waals surface area contributed by atoms with Crippen molar-refractivity contribution >= 4 is 11.7 Å². The van der Waals surface area contributed by atoms with Crippen molar-refractivity contribution in [3.8, 4) is 0 Å². The summed E-state index contributed by atoms with van der Waals surface area (Å²) < 4.78 is 0. The molecule has 116 valence electrons. The number of hydrogen-bond acceptors (Lipinski definition) is 4. The molecule has 1 aliphatic heterocycles.